The van der Waals surface area contributed by atoms with Gasteiger partial charge in [0, 0.05) is 9.79 Å². The van der Waals surface area contributed by atoms with Gasteiger partial charge >= 0.3 is 12.2 Å². The molecule has 0 atom stereocenters. The van der Waals surface area contributed by atoms with E-state index in [9.17, 15) is 17.6 Å². The average Bonchev–Trinajstić information content (AvgIpc) is 2.83. The van der Waals surface area contributed by atoms with E-state index in [1.165, 1.54) is 9.79 Å². The van der Waals surface area contributed by atoms with E-state index in [1.54, 1.807) is 0 Å². The first kappa shape index (κ1) is 10.1. The molecule has 0 amide bonds. The van der Waals surface area contributed by atoms with Crippen LogP contribution in [-0.2, 0) is 0 Å². The summed E-state index contributed by atoms with van der Waals surface area (Å²) in [5.74, 6) is 0. The van der Waals surface area contributed by atoms with Crippen molar-refractivity contribution in [2.24, 2.45) is 0 Å². The maximum Gasteiger partial charge on any atom is 0.334 e. The van der Waals surface area contributed by atoms with Crippen molar-refractivity contribution < 1.29 is 17.6 Å². The molecule has 0 fully saturated rings. The molecule has 2 rings (SSSR count). The first-order valence-corrected chi connectivity index (χ1v) is 4.06. The van der Waals surface area contributed by atoms with Crippen molar-refractivity contribution in [3.8, 4) is 0 Å². The molecular weight excluding hydrogens is 204 g/mol. The molecule has 1 heterocycles. The molecule has 5 heteroatoms. The molecule has 0 N–H and O–H groups in total. The lowest BCUT2D eigenvalue weighted by molar-refractivity contribution is 0.308. The Labute approximate surface area is 76.3 Å². The van der Waals surface area contributed by atoms with Crippen LogP contribution < -0.4 is 0 Å². The lowest BCUT2D eigenvalue weighted by atomic mass is 10.4. The highest BCUT2D eigenvalue weighted by atomic mass is 32.2. The maximum absolute atomic E-state index is 10.3. The zero-order valence-electron chi connectivity index (χ0n) is 6.23. The van der Waals surface area contributed by atoms with E-state index in [0.29, 0.717) is 0 Å². The molecular formula is C8H4F4S. The molecule has 0 nitrogen and oxygen atoms in total. The van der Waals surface area contributed by atoms with E-state index in [1.807, 2.05) is 11.8 Å². The molecule has 0 saturated heterocycles. The Balaban J connectivity index is 0.000000133. The zero-order chi connectivity index (χ0) is 9.84. The topological polar surface area (TPSA) is 0 Å². The summed E-state index contributed by atoms with van der Waals surface area (Å²) in [5, 5.41) is 0. The summed E-state index contributed by atoms with van der Waals surface area (Å²) in [4.78, 5) is 2.89. The van der Waals surface area contributed by atoms with E-state index in [0.717, 1.165) is 0 Å². The van der Waals surface area contributed by atoms with E-state index in [-0.39, 0.29) is 0 Å². The Kier molecular flexibility index (Phi) is 3.36. The van der Waals surface area contributed by atoms with Gasteiger partial charge in [-0.1, -0.05) is 23.9 Å². The summed E-state index contributed by atoms with van der Waals surface area (Å²) in [6.07, 6.45) is -5.81. The predicted molar refractivity (Wildman–Crippen MR) is 42.0 cm³/mol. The minimum Gasteiger partial charge on any atom is -0.167 e. The van der Waals surface area contributed by atoms with Crippen LogP contribution in [0.5, 0.6) is 0 Å². The Morgan fingerprint density at radius 1 is 0.846 bits per heavy atom. The smallest absolute Gasteiger partial charge is 0.167 e. The average molecular weight is 208 g/mol. The van der Waals surface area contributed by atoms with Gasteiger partial charge in [-0.15, -0.1) is 0 Å². The largest absolute Gasteiger partial charge is 0.334 e. The van der Waals surface area contributed by atoms with Crippen LogP contribution in [-0.4, -0.2) is 0 Å². The predicted octanol–water partition coefficient (Wildman–Crippen LogP) is 4.14. The van der Waals surface area contributed by atoms with Gasteiger partial charge in [-0.05, 0) is 12.1 Å². The molecule has 0 saturated carbocycles. The van der Waals surface area contributed by atoms with Gasteiger partial charge in [-0.2, -0.15) is 17.6 Å². The zero-order valence-corrected chi connectivity index (χ0v) is 7.05. The van der Waals surface area contributed by atoms with Gasteiger partial charge in [-0.3, -0.25) is 0 Å². The van der Waals surface area contributed by atoms with Crippen molar-refractivity contribution in [3.05, 3.63) is 36.4 Å². The number of rotatable bonds is 0. The third-order valence-corrected chi connectivity index (χ3v) is 2.12. The molecule has 0 aromatic heterocycles. The molecule has 1 aliphatic heterocycles. The fraction of sp³-hybridized carbons (Fsp3) is 0. The number of fused-ring (bicyclic) bond motifs is 1. The maximum atomic E-state index is 10.3. The minimum absolute atomic E-state index is 1.45. The molecule has 0 aliphatic carbocycles. The van der Waals surface area contributed by atoms with Gasteiger partial charge in [0.2, 0.25) is 0 Å². The van der Waals surface area contributed by atoms with Crippen molar-refractivity contribution >= 4 is 11.8 Å². The van der Waals surface area contributed by atoms with Gasteiger partial charge in [0.05, 0.1) is 0 Å². The third kappa shape index (κ3) is 3.50. The lowest BCUT2D eigenvalue weighted by Gasteiger charge is -1.69. The minimum atomic E-state index is -2.91. The van der Waals surface area contributed by atoms with Gasteiger partial charge in [0.15, 0.2) is 0 Å². The Morgan fingerprint density at radius 3 is 1.46 bits per heavy atom. The van der Waals surface area contributed by atoms with Gasteiger partial charge in [0.25, 0.3) is 0 Å². The molecule has 1 aromatic rings. The lowest BCUT2D eigenvalue weighted by Crippen LogP contribution is -1.56. The molecule has 0 unspecified atom stereocenters. The highest BCUT2D eigenvalue weighted by Gasteiger charge is 2.14. The Bertz CT molecular complexity index is 296. The van der Waals surface area contributed by atoms with Gasteiger partial charge in [0.1, 0.15) is 0 Å². The number of halogens is 4. The van der Waals surface area contributed by atoms with Crippen molar-refractivity contribution in [2.75, 3.05) is 0 Å². The van der Waals surface area contributed by atoms with Crippen LogP contribution in [0.4, 0.5) is 17.6 Å². The SMILES string of the molecule is FC(F)=C(F)F.c1ccc2c(c1)S2. The summed E-state index contributed by atoms with van der Waals surface area (Å²) in [7, 11) is 0. The summed E-state index contributed by atoms with van der Waals surface area (Å²) < 4.78 is 41.1. The second-order valence-corrected chi connectivity index (χ2v) is 3.15. The number of hydrogen-bond acceptors (Lipinski definition) is 1. The third-order valence-electron chi connectivity index (χ3n) is 1.17. The molecule has 1 aliphatic rings. The fourth-order valence-electron chi connectivity index (χ4n) is 0.611. The van der Waals surface area contributed by atoms with Crippen molar-refractivity contribution in [1.82, 2.24) is 0 Å². The monoisotopic (exact) mass is 208 g/mol. The highest BCUT2D eigenvalue weighted by molar-refractivity contribution is 8.04. The Morgan fingerprint density at radius 2 is 1.23 bits per heavy atom. The number of benzene rings is 1. The van der Waals surface area contributed by atoms with Gasteiger partial charge in [-0.25, -0.2) is 0 Å². The van der Waals surface area contributed by atoms with Crippen molar-refractivity contribution in [1.29, 1.82) is 0 Å². The molecule has 70 valence electrons. The highest BCUT2D eigenvalue weighted by Crippen LogP contribution is 2.47. The van der Waals surface area contributed by atoms with E-state index < -0.39 is 12.2 Å². The van der Waals surface area contributed by atoms with Crippen LogP contribution in [0, 0.1) is 0 Å². The van der Waals surface area contributed by atoms with E-state index in [4.69, 9.17) is 0 Å². The molecule has 0 bridgehead atoms. The molecule has 1 aromatic carbocycles. The van der Waals surface area contributed by atoms with Crippen LogP contribution in [0.1, 0.15) is 0 Å². The first-order valence-electron chi connectivity index (χ1n) is 3.24. The van der Waals surface area contributed by atoms with Crippen LogP contribution in [0.3, 0.4) is 0 Å². The summed E-state index contributed by atoms with van der Waals surface area (Å²) in [6, 6.07) is 8.41. The Hall–Kier alpha value is -0.970. The van der Waals surface area contributed by atoms with Crippen molar-refractivity contribution in [3.63, 3.8) is 0 Å². The number of hydrogen-bond donors (Lipinski definition) is 0. The van der Waals surface area contributed by atoms with Crippen LogP contribution in [0.25, 0.3) is 0 Å². The summed E-state index contributed by atoms with van der Waals surface area (Å²) >= 11 is 1.86. The van der Waals surface area contributed by atoms with Crippen LogP contribution >= 0.6 is 11.8 Å². The summed E-state index contributed by atoms with van der Waals surface area (Å²) in [6.45, 7) is 0. The molecule has 0 radical (unpaired) electrons. The van der Waals surface area contributed by atoms with E-state index in [2.05, 4.69) is 24.3 Å². The first-order chi connectivity index (χ1) is 6.11. The molecule has 0 spiro atoms. The normalized spacial score (nSPS) is 10.8. The molecule has 13 heavy (non-hydrogen) atoms. The quantitative estimate of drug-likeness (QED) is 0.463. The standard InChI is InChI=1S/C6H4S.C2F4/c1-2-4-6-5(3-1)7-6;3-1(4)2(5)6/h1-4H;. The van der Waals surface area contributed by atoms with Crippen LogP contribution in [0.2, 0.25) is 0 Å². The fourth-order valence-corrected chi connectivity index (χ4v) is 1.23. The van der Waals surface area contributed by atoms with Crippen LogP contribution in [0.15, 0.2) is 46.2 Å². The van der Waals surface area contributed by atoms with Gasteiger partial charge < -0.3 is 0 Å². The summed E-state index contributed by atoms with van der Waals surface area (Å²) in [5.41, 5.74) is 0. The second-order valence-electron chi connectivity index (χ2n) is 2.07. The second kappa shape index (κ2) is 4.32. The van der Waals surface area contributed by atoms with Crippen molar-refractivity contribution in [2.45, 2.75) is 9.79 Å². The van der Waals surface area contributed by atoms with E-state index >= 15 is 0 Å².